The van der Waals surface area contributed by atoms with Crippen molar-refractivity contribution in [3.05, 3.63) is 52.8 Å². The molecule has 0 amide bonds. The van der Waals surface area contributed by atoms with Crippen LogP contribution in [0.5, 0.6) is 0 Å². The van der Waals surface area contributed by atoms with E-state index in [2.05, 4.69) is 15.5 Å². The van der Waals surface area contributed by atoms with E-state index in [1.165, 1.54) is 12.1 Å². The normalized spacial score (nSPS) is 11.8. The first kappa shape index (κ1) is 14.6. The maximum Gasteiger partial charge on any atom is 0.416 e. The number of H-pyrrole nitrogens is 1. The van der Waals surface area contributed by atoms with E-state index in [1.54, 1.807) is 6.20 Å². The zero-order valence-corrected chi connectivity index (χ0v) is 11.1. The highest BCUT2D eigenvalue weighted by Gasteiger charge is 2.29. The summed E-state index contributed by atoms with van der Waals surface area (Å²) in [7, 11) is 0. The maximum absolute atomic E-state index is 12.4. The molecule has 0 saturated carbocycles. The summed E-state index contributed by atoms with van der Waals surface area (Å²) in [5.41, 5.74) is 2.39. The lowest BCUT2D eigenvalue weighted by Crippen LogP contribution is -2.17. The highest BCUT2D eigenvalue weighted by atomic mass is 19.4. The van der Waals surface area contributed by atoms with E-state index in [4.69, 9.17) is 0 Å². The number of halogens is 3. The third-order valence-corrected chi connectivity index (χ3v) is 3.12. The first-order chi connectivity index (χ1) is 9.47. The number of nitrogens with zero attached hydrogens (tertiary/aromatic N) is 1. The van der Waals surface area contributed by atoms with Gasteiger partial charge >= 0.3 is 6.18 Å². The molecule has 6 heteroatoms. The fourth-order valence-corrected chi connectivity index (χ4v) is 1.87. The van der Waals surface area contributed by atoms with Crippen LogP contribution in [0, 0.1) is 6.92 Å². The second-order valence-corrected chi connectivity index (χ2v) is 4.64. The largest absolute Gasteiger partial charge is 0.416 e. The van der Waals surface area contributed by atoms with Crippen molar-refractivity contribution < 1.29 is 13.2 Å². The quantitative estimate of drug-likeness (QED) is 0.828. The smallest absolute Gasteiger partial charge is 0.312 e. The van der Waals surface area contributed by atoms with Gasteiger partial charge in [0.1, 0.15) is 0 Å². The van der Waals surface area contributed by atoms with E-state index in [0.29, 0.717) is 19.5 Å². The molecule has 2 N–H and O–H groups in total. The summed E-state index contributed by atoms with van der Waals surface area (Å²) in [6, 6.07) is 5.28. The number of hydrogen-bond donors (Lipinski definition) is 2. The Morgan fingerprint density at radius 2 is 1.90 bits per heavy atom. The van der Waals surface area contributed by atoms with E-state index in [-0.39, 0.29) is 0 Å². The van der Waals surface area contributed by atoms with Crippen LogP contribution in [0.3, 0.4) is 0 Å². The van der Waals surface area contributed by atoms with Crippen molar-refractivity contribution in [3.63, 3.8) is 0 Å². The minimum atomic E-state index is -4.27. The lowest BCUT2D eigenvalue weighted by molar-refractivity contribution is -0.137. The molecule has 1 aromatic heterocycles. The molecule has 0 aliphatic carbocycles. The second kappa shape index (κ2) is 6.09. The topological polar surface area (TPSA) is 40.7 Å². The molecule has 0 spiro atoms. The van der Waals surface area contributed by atoms with Gasteiger partial charge in [-0.15, -0.1) is 0 Å². The van der Waals surface area contributed by atoms with E-state index in [0.717, 1.165) is 29.0 Å². The molecule has 1 aromatic carbocycles. The van der Waals surface area contributed by atoms with Crippen LogP contribution in [-0.4, -0.2) is 16.7 Å². The summed E-state index contributed by atoms with van der Waals surface area (Å²) in [5, 5.41) is 10.0. The van der Waals surface area contributed by atoms with Gasteiger partial charge in [-0.3, -0.25) is 5.10 Å². The number of aromatic amines is 1. The molecule has 2 aromatic rings. The average Bonchev–Trinajstić information content (AvgIpc) is 2.80. The number of aromatic nitrogens is 2. The van der Waals surface area contributed by atoms with Crippen molar-refractivity contribution in [2.75, 3.05) is 6.54 Å². The van der Waals surface area contributed by atoms with Gasteiger partial charge in [-0.2, -0.15) is 18.3 Å². The lowest BCUT2D eigenvalue weighted by Gasteiger charge is -2.08. The summed E-state index contributed by atoms with van der Waals surface area (Å²) in [4.78, 5) is 0. The number of aryl methyl sites for hydroxylation is 1. The molecule has 20 heavy (non-hydrogen) atoms. The molecule has 3 nitrogen and oxygen atoms in total. The summed E-state index contributed by atoms with van der Waals surface area (Å²) in [5.74, 6) is 0. The molecular weight excluding hydrogens is 267 g/mol. The van der Waals surface area contributed by atoms with Gasteiger partial charge in [-0.25, -0.2) is 0 Å². The Bertz CT molecular complexity index is 544. The van der Waals surface area contributed by atoms with Crippen LogP contribution < -0.4 is 5.32 Å². The van der Waals surface area contributed by atoms with Gasteiger partial charge in [-0.05, 0) is 37.6 Å². The molecule has 0 aliphatic rings. The average molecular weight is 283 g/mol. The van der Waals surface area contributed by atoms with Crippen LogP contribution in [0.25, 0.3) is 0 Å². The minimum Gasteiger partial charge on any atom is -0.312 e. The Labute approximate surface area is 115 Å². The van der Waals surface area contributed by atoms with Gasteiger partial charge < -0.3 is 5.32 Å². The Kier molecular flexibility index (Phi) is 4.44. The number of hydrogen-bond acceptors (Lipinski definition) is 2. The van der Waals surface area contributed by atoms with Crippen molar-refractivity contribution in [3.8, 4) is 0 Å². The molecular formula is C14H16F3N3. The molecule has 0 unspecified atom stereocenters. The Morgan fingerprint density at radius 1 is 1.20 bits per heavy atom. The van der Waals surface area contributed by atoms with Crippen molar-refractivity contribution in [1.82, 2.24) is 15.5 Å². The molecule has 108 valence electrons. The summed E-state index contributed by atoms with van der Waals surface area (Å²) in [6.45, 7) is 3.35. The van der Waals surface area contributed by atoms with Crippen LogP contribution in [-0.2, 0) is 19.1 Å². The fourth-order valence-electron chi connectivity index (χ4n) is 1.87. The van der Waals surface area contributed by atoms with Gasteiger partial charge in [-0.1, -0.05) is 12.1 Å². The van der Waals surface area contributed by atoms with E-state index < -0.39 is 11.7 Å². The maximum atomic E-state index is 12.4. The van der Waals surface area contributed by atoms with Crippen LogP contribution in [0.1, 0.15) is 22.4 Å². The Morgan fingerprint density at radius 3 is 2.45 bits per heavy atom. The number of nitrogens with one attached hydrogen (secondary N) is 2. The zero-order valence-electron chi connectivity index (χ0n) is 11.1. The molecule has 0 radical (unpaired) electrons. The van der Waals surface area contributed by atoms with Gasteiger partial charge in [0.15, 0.2) is 0 Å². The Balaban J connectivity index is 1.78. The number of benzene rings is 1. The number of alkyl halides is 3. The molecule has 0 aliphatic heterocycles. The van der Waals surface area contributed by atoms with Crippen molar-refractivity contribution in [1.29, 1.82) is 0 Å². The third-order valence-electron chi connectivity index (χ3n) is 3.12. The molecule has 1 heterocycles. The molecule has 0 fully saturated rings. The fraction of sp³-hybridized carbons (Fsp3) is 0.357. The Hall–Kier alpha value is -1.82. The van der Waals surface area contributed by atoms with Crippen LogP contribution in [0.4, 0.5) is 13.2 Å². The van der Waals surface area contributed by atoms with Crippen molar-refractivity contribution >= 4 is 0 Å². The van der Waals surface area contributed by atoms with Crippen molar-refractivity contribution in [2.45, 2.75) is 26.1 Å². The summed E-state index contributed by atoms with van der Waals surface area (Å²) >= 11 is 0. The molecule has 2 rings (SSSR count). The van der Waals surface area contributed by atoms with Crippen LogP contribution >= 0.6 is 0 Å². The highest BCUT2D eigenvalue weighted by molar-refractivity contribution is 5.24. The summed E-state index contributed by atoms with van der Waals surface area (Å²) in [6.07, 6.45) is -1.81. The third kappa shape index (κ3) is 3.84. The predicted molar refractivity (Wildman–Crippen MR) is 70.2 cm³/mol. The van der Waals surface area contributed by atoms with Gasteiger partial charge in [0.05, 0.1) is 11.8 Å². The van der Waals surface area contributed by atoms with E-state index in [9.17, 15) is 13.2 Å². The predicted octanol–water partition coefficient (Wildman–Crippen LogP) is 3.07. The van der Waals surface area contributed by atoms with Crippen molar-refractivity contribution in [2.24, 2.45) is 0 Å². The van der Waals surface area contributed by atoms with Gasteiger partial charge in [0, 0.05) is 17.8 Å². The first-order valence-corrected chi connectivity index (χ1v) is 6.32. The lowest BCUT2D eigenvalue weighted by atomic mass is 10.1. The molecule has 0 atom stereocenters. The summed E-state index contributed by atoms with van der Waals surface area (Å²) < 4.78 is 37.2. The highest BCUT2D eigenvalue weighted by Crippen LogP contribution is 2.29. The van der Waals surface area contributed by atoms with Crippen LogP contribution in [0.2, 0.25) is 0 Å². The first-order valence-electron chi connectivity index (χ1n) is 6.32. The van der Waals surface area contributed by atoms with E-state index in [1.807, 2.05) is 6.92 Å². The SMILES string of the molecule is Cc1[nH]ncc1CNCCc1ccc(C(F)(F)F)cc1. The van der Waals surface area contributed by atoms with Crippen LogP contribution in [0.15, 0.2) is 30.5 Å². The molecule has 0 saturated heterocycles. The monoisotopic (exact) mass is 283 g/mol. The number of rotatable bonds is 5. The van der Waals surface area contributed by atoms with Gasteiger partial charge in [0.2, 0.25) is 0 Å². The standard InChI is InChI=1S/C14H16F3N3/c1-10-12(9-19-20-10)8-18-7-6-11-2-4-13(5-3-11)14(15,16)17/h2-5,9,18H,6-8H2,1H3,(H,19,20). The minimum absolute atomic E-state index is 0.608. The zero-order chi connectivity index (χ0) is 14.6. The van der Waals surface area contributed by atoms with Gasteiger partial charge in [0.25, 0.3) is 0 Å². The molecule has 0 bridgehead atoms. The van der Waals surface area contributed by atoms with E-state index >= 15 is 0 Å². The second-order valence-electron chi connectivity index (χ2n) is 4.64.